The Morgan fingerprint density at radius 3 is 2.61 bits per heavy atom. The molecule has 0 fully saturated rings. The third-order valence-electron chi connectivity index (χ3n) is 9.01. The van der Waals surface area contributed by atoms with Gasteiger partial charge in [-0.15, -0.1) is 0 Å². The molecule has 0 saturated carbocycles. The highest BCUT2D eigenvalue weighted by molar-refractivity contribution is 7.07. The predicted molar refractivity (Wildman–Crippen MR) is 180 cm³/mol. The van der Waals surface area contributed by atoms with Crippen LogP contribution in [0.3, 0.4) is 0 Å². The van der Waals surface area contributed by atoms with Crippen LogP contribution in [0.15, 0.2) is 113 Å². The Kier molecular flexibility index (Phi) is 6.95. The Hall–Kier alpha value is -5.21. The maximum Gasteiger partial charge on any atom is 0.271 e. The zero-order chi connectivity index (χ0) is 31.4. The Labute approximate surface area is 268 Å². The van der Waals surface area contributed by atoms with Gasteiger partial charge in [0.15, 0.2) is 4.80 Å². The van der Waals surface area contributed by atoms with Crippen LogP contribution in [-0.2, 0) is 13.0 Å². The minimum atomic E-state index is -0.408. The zero-order valence-electron chi connectivity index (χ0n) is 25.4. The highest BCUT2D eigenvalue weighted by Crippen LogP contribution is 2.44. The first-order valence-electron chi connectivity index (χ1n) is 15.2. The van der Waals surface area contributed by atoms with E-state index in [4.69, 9.17) is 14.5 Å². The molecule has 1 unspecified atom stereocenters. The lowest BCUT2D eigenvalue weighted by Gasteiger charge is -2.31. The molecule has 0 saturated heterocycles. The first kappa shape index (κ1) is 28.3. The van der Waals surface area contributed by atoms with Crippen LogP contribution in [-0.4, -0.2) is 23.4 Å². The lowest BCUT2D eigenvalue weighted by Crippen LogP contribution is -2.39. The van der Waals surface area contributed by atoms with Crippen molar-refractivity contribution in [2.75, 3.05) is 14.2 Å². The molecule has 0 N–H and O–H groups in total. The van der Waals surface area contributed by atoms with Crippen molar-refractivity contribution < 1.29 is 13.9 Å². The fourth-order valence-electron chi connectivity index (χ4n) is 6.82. The Balaban J connectivity index is 1.35. The standard InChI is InChI=1S/C38H30FN3O3S/c1-44-26-16-18-33(45-2)30(20-26)36-29-17-15-23-9-3-5-12-28(23)35(29)40-38-42(36)37(43)34(46-38)19-25-22-41(32-14-8-6-11-27(25)32)21-24-10-4-7-13-31(24)39/h3-14,16,18-20,22,36H,15,17,21H2,1-2H3/b34-19+. The lowest BCUT2D eigenvalue weighted by atomic mass is 9.83. The highest BCUT2D eigenvalue weighted by Gasteiger charge is 2.34. The van der Waals surface area contributed by atoms with Crippen molar-refractivity contribution in [3.05, 3.63) is 156 Å². The van der Waals surface area contributed by atoms with Gasteiger partial charge in [0.2, 0.25) is 0 Å². The van der Waals surface area contributed by atoms with Gasteiger partial charge in [-0.2, -0.15) is 0 Å². The molecule has 6 aromatic rings. The maximum absolute atomic E-state index is 14.6. The molecular weight excluding hydrogens is 598 g/mol. The molecule has 1 aliphatic heterocycles. The smallest absolute Gasteiger partial charge is 0.271 e. The summed E-state index contributed by atoms with van der Waals surface area (Å²) in [5, 5.41) is 0.990. The van der Waals surface area contributed by atoms with E-state index in [2.05, 4.69) is 18.2 Å². The Bertz CT molecular complexity index is 2380. The molecule has 1 atom stereocenters. The fourth-order valence-corrected chi connectivity index (χ4v) is 7.82. The topological polar surface area (TPSA) is 57.8 Å². The SMILES string of the molecule is COc1ccc(OC)c(C2C3=C(N=c4s/c(=C/c5cn(Cc6ccccc6F)c6ccccc56)c(=O)n42)c2ccccc2CC3)c1. The van der Waals surface area contributed by atoms with Crippen LogP contribution in [0.4, 0.5) is 4.39 Å². The number of aryl methyl sites for hydroxylation is 1. The molecule has 0 radical (unpaired) electrons. The van der Waals surface area contributed by atoms with Crippen molar-refractivity contribution in [2.24, 2.45) is 4.99 Å². The van der Waals surface area contributed by atoms with Gasteiger partial charge in [0.1, 0.15) is 17.3 Å². The van der Waals surface area contributed by atoms with Gasteiger partial charge in [0.25, 0.3) is 5.56 Å². The van der Waals surface area contributed by atoms with E-state index in [1.54, 1.807) is 26.4 Å². The summed E-state index contributed by atoms with van der Waals surface area (Å²) >= 11 is 1.39. The molecule has 1 aliphatic carbocycles. The minimum Gasteiger partial charge on any atom is -0.497 e. The second-order valence-corrected chi connectivity index (χ2v) is 12.6. The summed E-state index contributed by atoms with van der Waals surface area (Å²) in [4.78, 5) is 20.3. The van der Waals surface area contributed by atoms with Crippen molar-refractivity contribution in [3.63, 3.8) is 0 Å². The molecular formula is C38H30FN3O3S. The number of halogens is 1. The average molecular weight is 628 g/mol. The molecule has 2 aromatic heterocycles. The van der Waals surface area contributed by atoms with Crippen LogP contribution >= 0.6 is 11.3 Å². The van der Waals surface area contributed by atoms with Crippen molar-refractivity contribution in [1.29, 1.82) is 0 Å². The lowest BCUT2D eigenvalue weighted by molar-refractivity contribution is 0.392. The fraction of sp³-hybridized carbons (Fsp3) is 0.158. The molecule has 3 heterocycles. The number of ether oxygens (including phenoxy) is 2. The predicted octanol–water partition coefficient (Wildman–Crippen LogP) is 6.48. The number of benzene rings is 4. The number of hydrogen-bond donors (Lipinski definition) is 0. The van der Waals surface area contributed by atoms with Gasteiger partial charge in [-0.3, -0.25) is 9.36 Å². The normalized spacial score (nSPS) is 15.7. The second-order valence-electron chi connectivity index (χ2n) is 11.5. The number of methoxy groups -OCH3 is 2. The number of allylic oxidation sites excluding steroid dienone is 1. The summed E-state index contributed by atoms with van der Waals surface area (Å²) in [5.41, 5.74) is 7.57. The zero-order valence-corrected chi connectivity index (χ0v) is 26.2. The van der Waals surface area contributed by atoms with Crippen molar-refractivity contribution in [2.45, 2.75) is 25.4 Å². The third-order valence-corrected chi connectivity index (χ3v) is 9.99. The van der Waals surface area contributed by atoms with Gasteiger partial charge in [0, 0.05) is 39.4 Å². The summed E-state index contributed by atoms with van der Waals surface area (Å²) in [5.74, 6) is 1.13. The highest BCUT2D eigenvalue weighted by atomic mass is 32.1. The van der Waals surface area contributed by atoms with Crippen LogP contribution < -0.4 is 24.4 Å². The summed E-state index contributed by atoms with van der Waals surface area (Å²) in [6, 6.07) is 28.5. The number of aromatic nitrogens is 2. The van der Waals surface area contributed by atoms with E-state index in [1.165, 1.54) is 23.0 Å². The van der Waals surface area contributed by atoms with Gasteiger partial charge >= 0.3 is 0 Å². The molecule has 0 amide bonds. The first-order valence-corrected chi connectivity index (χ1v) is 16.0. The number of para-hydroxylation sites is 1. The van der Waals surface area contributed by atoms with Crippen molar-refractivity contribution in [3.8, 4) is 11.5 Å². The second kappa shape index (κ2) is 11.3. The molecule has 6 nitrogen and oxygen atoms in total. The van der Waals surface area contributed by atoms with E-state index in [0.29, 0.717) is 32.9 Å². The molecule has 0 spiro atoms. The quantitative estimate of drug-likeness (QED) is 0.213. The molecule has 4 aromatic carbocycles. The number of thiazole rings is 1. The molecule has 2 aliphatic rings. The molecule has 0 bridgehead atoms. The van der Waals surface area contributed by atoms with Gasteiger partial charge in [-0.05, 0) is 60.4 Å². The maximum atomic E-state index is 14.6. The van der Waals surface area contributed by atoms with E-state index in [-0.39, 0.29) is 11.4 Å². The van der Waals surface area contributed by atoms with Crippen LogP contribution in [0.1, 0.15) is 40.3 Å². The summed E-state index contributed by atoms with van der Waals surface area (Å²) in [6.07, 6.45) is 5.58. The van der Waals surface area contributed by atoms with Gasteiger partial charge in [-0.1, -0.05) is 72.0 Å². The molecule has 46 heavy (non-hydrogen) atoms. The van der Waals surface area contributed by atoms with Gasteiger partial charge < -0.3 is 14.0 Å². The van der Waals surface area contributed by atoms with Crippen molar-refractivity contribution >= 4 is 34.0 Å². The molecule has 8 rings (SSSR count). The Morgan fingerprint density at radius 2 is 1.76 bits per heavy atom. The number of nitrogens with zero attached hydrogens (tertiary/aromatic N) is 3. The van der Waals surface area contributed by atoms with E-state index in [9.17, 15) is 9.18 Å². The monoisotopic (exact) mass is 627 g/mol. The first-order chi connectivity index (χ1) is 22.5. The van der Waals surface area contributed by atoms with Gasteiger partial charge in [0.05, 0.1) is 37.0 Å². The van der Waals surface area contributed by atoms with E-state index in [1.807, 2.05) is 76.0 Å². The number of hydrogen-bond acceptors (Lipinski definition) is 5. The minimum absolute atomic E-state index is 0.116. The van der Waals surface area contributed by atoms with E-state index >= 15 is 0 Å². The van der Waals surface area contributed by atoms with E-state index in [0.717, 1.165) is 51.7 Å². The van der Waals surface area contributed by atoms with Crippen molar-refractivity contribution in [1.82, 2.24) is 9.13 Å². The molecule has 228 valence electrons. The summed E-state index contributed by atoms with van der Waals surface area (Å²) in [7, 11) is 3.29. The largest absolute Gasteiger partial charge is 0.497 e. The average Bonchev–Trinajstić information content (AvgIpc) is 3.60. The van der Waals surface area contributed by atoms with Gasteiger partial charge in [-0.25, -0.2) is 9.38 Å². The molecule has 8 heteroatoms. The van der Waals surface area contributed by atoms with Crippen LogP contribution in [0.25, 0.3) is 22.7 Å². The third kappa shape index (κ3) is 4.60. The van der Waals surface area contributed by atoms with Crippen LogP contribution in [0.2, 0.25) is 0 Å². The number of rotatable bonds is 6. The van der Waals surface area contributed by atoms with Crippen LogP contribution in [0, 0.1) is 5.82 Å². The van der Waals surface area contributed by atoms with Crippen LogP contribution in [0.5, 0.6) is 11.5 Å². The van der Waals surface area contributed by atoms with E-state index < -0.39 is 6.04 Å². The number of fused-ring (bicyclic) bond motifs is 4. The Morgan fingerprint density at radius 1 is 0.957 bits per heavy atom. The summed E-state index contributed by atoms with van der Waals surface area (Å²) < 4.78 is 30.5. The summed E-state index contributed by atoms with van der Waals surface area (Å²) in [6.45, 7) is 0.379.